The van der Waals surface area contributed by atoms with Crippen LogP contribution in [0, 0.1) is 0 Å². The lowest BCUT2D eigenvalue weighted by Crippen LogP contribution is -2.33. The van der Waals surface area contributed by atoms with E-state index in [0.717, 1.165) is 31.6 Å². The van der Waals surface area contributed by atoms with Gasteiger partial charge in [0, 0.05) is 12.6 Å². The van der Waals surface area contributed by atoms with Gasteiger partial charge in [-0.25, -0.2) is 9.67 Å². The fourth-order valence-electron chi connectivity index (χ4n) is 2.12. The van der Waals surface area contributed by atoms with Crippen molar-refractivity contribution in [3.05, 3.63) is 12.2 Å². The first-order chi connectivity index (χ1) is 9.24. The van der Waals surface area contributed by atoms with Crippen LogP contribution in [0.3, 0.4) is 0 Å². The van der Waals surface area contributed by atoms with Crippen LogP contribution in [0.1, 0.15) is 38.9 Å². The molecule has 0 radical (unpaired) electrons. The maximum absolute atomic E-state index is 11.6. The number of carbonyl (C=O) groups excluding carboxylic acids is 1. The Balaban J connectivity index is 1.96. The normalized spacial score (nSPS) is 14.9. The number of hydrogen-bond donors (Lipinski definition) is 0. The fraction of sp³-hybridized carbons (Fsp3) is 0.769. The second-order valence-corrected chi connectivity index (χ2v) is 4.84. The molecule has 0 N–H and O–H groups in total. The van der Waals surface area contributed by atoms with Gasteiger partial charge < -0.3 is 4.74 Å². The Labute approximate surface area is 113 Å². The van der Waals surface area contributed by atoms with Gasteiger partial charge in [-0.15, -0.1) is 0 Å². The highest BCUT2D eigenvalue weighted by atomic mass is 16.5. The molecule has 1 saturated carbocycles. The Morgan fingerprint density at radius 3 is 2.95 bits per heavy atom. The number of nitrogens with zero attached hydrogens (tertiary/aromatic N) is 4. The number of rotatable bonds is 8. The quantitative estimate of drug-likeness (QED) is 0.662. The molecular formula is C13H22N4O2. The Morgan fingerprint density at radius 1 is 1.53 bits per heavy atom. The van der Waals surface area contributed by atoms with Gasteiger partial charge >= 0.3 is 5.97 Å². The van der Waals surface area contributed by atoms with Gasteiger partial charge in [-0.3, -0.25) is 9.69 Å². The molecule has 2 rings (SSSR count). The third-order valence-electron chi connectivity index (χ3n) is 3.18. The van der Waals surface area contributed by atoms with E-state index >= 15 is 0 Å². The molecule has 0 saturated heterocycles. The van der Waals surface area contributed by atoms with Crippen LogP contribution in [0.15, 0.2) is 6.33 Å². The standard InChI is InChI=1S/C13H22N4O2/c1-3-7-17-12(14-10-15-17)8-16(11-5-6-11)9-13(18)19-4-2/h10-11H,3-9H2,1-2H3. The molecule has 106 valence electrons. The van der Waals surface area contributed by atoms with Crippen LogP contribution in [-0.2, 0) is 22.6 Å². The second kappa shape index (κ2) is 6.65. The van der Waals surface area contributed by atoms with E-state index in [2.05, 4.69) is 21.9 Å². The van der Waals surface area contributed by atoms with Crippen molar-refractivity contribution in [3.8, 4) is 0 Å². The van der Waals surface area contributed by atoms with Crippen LogP contribution in [-0.4, -0.2) is 44.8 Å². The maximum atomic E-state index is 11.6. The third-order valence-corrected chi connectivity index (χ3v) is 3.18. The minimum absolute atomic E-state index is 0.157. The largest absolute Gasteiger partial charge is 0.465 e. The zero-order chi connectivity index (χ0) is 13.7. The highest BCUT2D eigenvalue weighted by Crippen LogP contribution is 2.27. The van der Waals surface area contributed by atoms with Crippen molar-refractivity contribution in [2.75, 3.05) is 13.2 Å². The third kappa shape index (κ3) is 4.02. The summed E-state index contributed by atoms with van der Waals surface area (Å²) < 4.78 is 6.94. The molecule has 1 aromatic heterocycles. The average Bonchev–Trinajstić information content (AvgIpc) is 3.13. The second-order valence-electron chi connectivity index (χ2n) is 4.84. The molecule has 6 heteroatoms. The molecule has 1 aliphatic rings. The van der Waals surface area contributed by atoms with Gasteiger partial charge in [-0.1, -0.05) is 6.92 Å². The molecule has 0 aromatic carbocycles. The van der Waals surface area contributed by atoms with Crippen molar-refractivity contribution < 1.29 is 9.53 Å². The smallest absolute Gasteiger partial charge is 0.320 e. The topological polar surface area (TPSA) is 60.2 Å². The van der Waals surface area contributed by atoms with Crippen LogP contribution in [0.25, 0.3) is 0 Å². The molecule has 0 amide bonds. The minimum Gasteiger partial charge on any atom is -0.465 e. The lowest BCUT2D eigenvalue weighted by molar-refractivity contribution is -0.144. The fourth-order valence-corrected chi connectivity index (χ4v) is 2.12. The maximum Gasteiger partial charge on any atom is 0.320 e. The van der Waals surface area contributed by atoms with E-state index in [1.165, 1.54) is 0 Å². The number of aromatic nitrogens is 3. The van der Waals surface area contributed by atoms with Gasteiger partial charge in [-0.05, 0) is 26.2 Å². The number of carbonyl (C=O) groups is 1. The minimum atomic E-state index is -0.157. The van der Waals surface area contributed by atoms with Gasteiger partial charge in [0.2, 0.25) is 0 Å². The first-order valence-electron chi connectivity index (χ1n) is 7.01. The SMILES string of the molecule is CCCn1ncnc1CN(CC(=O)OCC)C1CC1. The van der Waals surface area contributed by atoms with Crippen molar-refractivity contribution in [2.24, 2.45) is 0 Å². The Bertz CT molecular complexity index is 415. The van der Waals surface area contributed by atoms with E-state index in [1.54, 1.807) is 6.33 Å². The molecule has 0 atom stereocenters. The van der Waals surface area contributed by atoms with Crippen molar-refractivity contribution in [1.82, 2.24) is 19.7 Å². The molecule has 1 aliphatic carbocycles. The number of ether oxygens (including phenoxy) is 1. The van der Waals surface area contributed by atoms with E-state index in [9.17, 15) is 4.79 Å². The van der Waals surface area contributed by atoms with Crippen LogP contribution >= 0.6 is 0 Å². The first kappa shape index (κ1) is 14.0. The molecule has 0 spiro atoms. The highest BCUT2D eigenvalue weighted by molar-refractivity contribution is 5.71. The van der Waals surface area contributed by atoms with Crippen molar-refractivity contribution in [3.63, 3.8) is 0 Å². The summed E-state index contributed by atoms with van der Waals surface area (Å²) in [7, 11) is 0. The zero-order valence-corrected chi connectivity index (χ0v) is 11.7. The predicted molar refractivity (Wildman–Crippen MR) is 70.4 cm³/mol. The molecular weight excluding hydrogens is 244 g/mol. The summed E-state index contributed by atoms with van der Waals surface area (Å²) in [5.41, 5.74) is 0. The molecule has 0 aliphatic heterocycles. The lowest BCUT2D eigenvalue weighted by Gasteiger charge is -2.20. The van der Waals surface area contributed by atoms with Crippen LogP contribution in [0.4, 0.5) is 0 Å². The summed E-state index contributed by atoms with van der Waals surface area (Å²) in [6.07, 6.45) is 4.92. The van der Waals surface area contributed by atoms with Crippen LogP contribution in [0.5, 0.6) is 0 Å². The Kier molecular flexibility index (Phi) is 4.90. The van der Waals surface area contributed by atoms with Gasteiger partial charge in [0.1, 0.15) is 12.2 Å². The van der Waals surface area contributed by atoms with Gasteiger partial charge in [0.25, 0.3) is 0 Å². The summed E-state index contributed by atoms with van der Waals surface area (Å²) in [6.45, 7) is 6.26. The van der Waals surface area contributed by atoms with Gasteiger partial charge in [-0.2, -0.15) is 5.10 Å². The van der Waals surface area contributed by atoms with E-state index in [1.807, 2.05) is 11.6 Å². The monoisotopic (exact) mass is 266 g/mol. The summed E-state index contributed by atoms with van der Waals surface area (Å²) in [5.74, 6) is 0.772. The molecule has 1 aromatic rings. The average molecular weight is 266 g/mol. The molecule has 1 fully saturated rings. The van der Waals surface area contributed by atoms with E-state index < -0.39 is 0 Å². The Hall–Kier alpha value is -1.43. The predicted octanol–water partition coefficient (Wildman–Crippen LogP) is 1.22. The van der Waals surface area contributed by atoms with Crippen molar-refractivity contribution in [2.45, 2.75) is 52.2 Å². The van der Waals surface area contributed by atoms with E-state index in [4.69, 9.17) is 4.74 Å². The Morgan fingerprint density at radius 2 is 2.32 bits per heavy atom. The summed E-state index contributed by atoms with van der Waals surface area (Å²) in [5, 5.41) is 4.22. The van der Waals surface area contributed by atoms with Crippen LogP contribution < -0.4 is 0 Å². The highest BCUT2D eigenvalue weighted by Gasteiger charge is 2.31. The lowest BCUT2D eigenvalue weighted by atomic mass is 10.4. The van der Waals surface area contributed by atoms with E-state index in [0.29, 0.717) is 25.7 Å². The zero-order valence-electron chi connectivity index (χ0n) is 11.7. The van der Waals surface area contributed by atoms with Crippen molar-refractivity contribution in [1.29, 1.82) is 0 Å². The molecule has 1 heterocycles. The number of hydrogen-bond acceptors (Lipinski definition) is 5. The van der Waals surface area contributed by atoms with Gasteiger partial charge in [0.15, 0.2) is 0 Å². The summed E-state index contributed by atoms with van der Waals surface area (Å²) in [6, 6.07) is 0.496. The summed E-state index contributed by atoms with van der Waals surface area (Å²) >= 11 is 0. The summed E-state index contributed by atoms with van der Waals surface area (Å²) in [4.78, 5) is 18.1. The molecule has 0 bridgehead atoms. The van der Waals surface area contributed by atoms with Gasteiger partial charge in [0.05, 0.1) is 19.7 Å². The molecule has 19 heavy (non-hydrogen) atoms. The van der Waals surface area contributed by atoms with Crippen LogP contribution in [0.2, 0.25) is 0 Å². The number of aryl methyl sites for hydroxylation is 1. The van der Waals surface area contributed by atoms with E-state index in [-0.39, 0.29) is 5.97 Å². The number of esters is 1. The first-order valence-corrected chi connectivity index (χ1v) is 7.01. The van der Waals surface area contributed by atoms with Crippen molar-refractivity contribution >= 4 is 5.97 Å². The molecule has 0 unspecified atom stereocenters. The molecule has 6 nitrogen and oxygen atoms in total.